The molecule has 1 atom stereocenters. The van der Waals surface area contributed by atoms with Crippen molar-refractivity contribution in [3.8, 4) is 0 Å². The molecule has 20 heavy (non-hydrogen) atoms. The van der Waals surface area contributed by atoms with Gasteiger partial charge < -0.3 is 5.32 Å². The van der Waals surface area contributed by atoms with Crippen molar-refractivity contribution in [2.45, 2.75) is 33.2 Å². The number of rotatable bonds is 4. The van der Waals surface area contributed by atoms with Gasteiger partial charge in [0.15, 0.2) is 0 Å². The highest BCUT2D eigenvalue weighted by Gasteiger charge is 2.15. The van der Waals surface area contributed by atoms with Crippen LogP contribution in [0, 0.1) is 26.6 Å². The summed E-state index contributed by atoms with van der Waals surface area (Å²) in [5, 5.41) is 3.23. The molecule has 2 aromatic carbocycles. The summed E-state index contributed by atoms with van der Waals surface area (Å²) < 4.78 is 14.0. The van der Waals surface area contributed by atoms with E-state index < -0.39 is 0 Å². The SMILES string of the molecule is CNC(Cc1ccc(C)c(C)c1)c1cc(C)ccc1F. The maximum absolute atomic E-state index is 14.0. The number of hydrogen-bond acceptors (Lipinski definition) is 1. The van der Waals surface area contributed by atoms with Crippen molar-refractivity contribution in [3.63, 3.8) is 0 Å². The third-order valence-electron chi connectivity index (χ3n) is 3.89. The fourth-order valence-corrected chi connectivity index (χ4v) is 2.46. The summed E-state index contributed by atoms with van der Waals surface area (Å²) in [6, 6.07) is 11.7. The zero-order valence-electron chi connectivity index (χ0n) is 12.6. The third-order valence-corrected chi connectivity index (χ3v) is 3.89. The molecule has 2 heteroatoms. The first kappa shape index (κ1) is 14.7. The number of benzene rings is 2. The minimum atomic E-state index is -0.140. The fourth-order valence-electron chi connectivity index (χ4n) is 2.46. The average Bonchev–Trinajstić information content (AvgIpc) is 2.43. The van der Waals surface area contributed by atoms with Crippen molar-refractivity contribution in [3.05, 3.63) is 70.0 Å². The number of hydrogen-bond donors (Lipinski definition) is 1. The molecule has 0 fully saturated rings. The summed E-state index contributed by atoms with van der Waals surface area (Å²) in [5.74, 6) is -0.140. The molecule has 0 amide bonds. The molecule has 2 aromatic rings. The Balaban J connectivity index is 2.28. The van der Waals surface area contributed by atoms with Crippen LogP contribution in [0.15, 0.2) is 36.4 Å². The maximum Gasteiger partial charge on any atom is 0.128 e. The minimum absolute atomic E-state index is 0.00277. The minimum Gasteiger partial charge on any atom is -0.313 e. The Hall–Kier alpha value is -1.67. The van der Waals surface area contributed by atoms with Gasteiger partial charge in [-0.05, 0) is 57.0 Å². The van der Waals surface area contributed by atoms with E-state index in [1.54, 1.807) is 6.07 Å². The van der Waals surface area contributed by atoms with Gasteiger partial charge in [-0.15, -0.1) is 0 Å². The lowest BCUT2D eigenvalue weighted by atomic mass is 9.95. The van der Waals surface area contributed by atoms with Gasteiger partial charge in [0.05, 0.1) is 0 Å². The van der Waals surface area contributed by atoms with E-state index in [0.29, 0.717) is 0 Å². The first-order chi connectivity index (χ1) is 9.51. The summed E-state index contributed by atoms with van der Waals surface area (Å²) in [6.07, 6.45) is 0.790. The molecular formula is C18H22FN. The highest BCUT2D eigenvalue weighted by molar-refractivity contribution is 5.33. The highest BCUT2D eigenvalue weighted by Crippen LogP contribution is 2.23. The van der Waals surface area contributed by atoms with E-state index in [1.165, 1.54) is 16.7 Å². The van der Waals surface area contributed by atoms with E-state index >= 15 is 0 Å². The van der Waals surface area contributed by atoms with Crippen LogP contribution in [0.5, 0.6) is 0 Å². The van der Waals surface area contributed by atoms with Crippen LogP contribution in [0.3, 0.4) is 0 Å². The second-order valence-corrected chi connectivity index (χ2v) is 5.49. The topological polar surface area (TPSA) is 12.0 Å². The lowest BCUT2D eigenvalue weighted by molar-refractivity contribution is 0.533. The second kappa shape index (κ2) is 6.19. The first-order valence-electron chi connectivity index (χ1n) is 7.00. The molecule has 1 nitrogen and oxygen atoms in total. The van der Waals surface area contributed by atoms with Crippen LogP contribution in [0.25, 0.3) is 0 Å². The summed E-state index contributed by atoms with van der Waals surface area (Å²) >= 11 is 0. The molecule has 0 heterocycles. The molecule has 0 saturated carbocycles. The van der Waals surface area contributed by atoms with Crippen LogP contribution in [0.4, 0.5) is 4.39 Å². The summed E-state index contributed by atoms with van der Waals surface area (Å²) in [4.78, 5) is 0. The van der Waals surface area contributed by atoms with Gasteiger partial charge in [0.2, 0.25) is 0 Å². The Labute approximate surface area is 120 Å². The number of halogens is 1. The van der Waals surface area contributed by atoms with Gasteiger partial charge in [0.25, 0.3) is 0 Å². The predicted octanol–water partition coefficient (Wildman–Crippen LogP) is 4.25. The smallest absolute Gasteiger partial charge is 0.128 e. The van der Waals surface area contributed by atoms with Gasteiger partial charge in [-0.3, -0.25) is 0 Å². The van der Waals surface area contributed by atoms with E-state index in [4.69, 9.17) is 0 Å². The van der Waals surface area contributed by atoms with E-state index in [0.717, 1.165) is 17.5 Å². The normalized spacial score (nSPS) is 12.4. The Morgan fingerprint density at radius 3 is 2.40 bits per heavy atom. The molecule has 1 N–H and O–H groups in total. The molecule has 0 aromatic heterocycles. The molecule has 0 aliphatic carbocycles. The molecule has 0 radical (unpaired) electrons. The zero-order valence-corrected chi connectivity index (χ0v) is 12.6. The van der Waals surface area contributed by atoms with Gasteiger partial charge in [-0.2, -0.15) is 0 Å². The molecule has 0 spiro atoms. The molecule has 1 unspecified atom stereocenters. The van der Waals surface area contributed by atoms with E-state index in [1.807, 2.05) is 26.1 Å². The van der Waals surface area contributed by atoms with Crippen molar-refractivity contribution in [2.24, 2.45) is 0 Å². The molecule has 106 valence electrons. The molecule has 0 aliphatic heterocycles. The molecule has 2 rings (SSSR count). The summed E-state index contributed by atoms with van der Waals surface area (Å²) in [5.41, 5.74) is 5.62. The Morgan fingerprint density at radius 2 is 1.75 bits per heavy atom. The van der Waals surface area contributed by atoms with Gasteiger partial charge in [-0.1, -0.05) is 35.9 Å². The monoisotopic (exact) mass is 271 g/mol. The van der Waals surface area contributed by atoms with Crippen LogP contribution in [0.1, 0.15) is 33.9 Å². The van der Waals surface area contributed by atoms with Crippen molar-refractivity contribution < 1.29 is 4.39 Å². The van der Waals surface area contributed by atoms with Crippen LogP contribution >= 0.6 is 0 Å². The summed E-state index contributed by atoms with van der Waals surface area (Å²) in [6.45, 7) is 6.21. The Kier molecular flexibility index (Phi) is 4.56. The number of likely N-dealkylation sites (N-methyl/N-ethyl adjacent to an activating group) is 1. The fraction of sp³-hybridized carbons (Fsp3) is 0.333. The van der Waals surface area contributed by atoms with Crippen LogP contribution in [-0.2, 0) is 6.42 Å². The van der Waals surface area contributed by atoms with Gasteiger partial charge in [-0.25, -0.2) is 4.39 Å². The van der Waals surface area contributed by atoms with Crippen LogP contribution in [-0.4, -0.2) is 7.05 Å². The first-order valence-corrected chi connectivity index (χ1v) is 7.00. The lowest BCUT2D eigenvalue weighted by Gasteiger charge is -2.18. The maximum atomic E-state index is 14.0. The van der Waals surface area contributed by atoms with Crippen molar-refractivity contribution in [1.29, 1.82) is 0 Å². The second-order valence-electron chi connectivity index (χ2n) is 5.49. The Bertz CT molecular complexity index is 604. The van der Waals surface area contributed by atoms with E-state index in [-0.39, 0.29) is 11.9 Å². The van der Waals surface area contributed by atoms with Crippen molar-refractivity contribution in [1.82, 2.24) is 5.32 Å². The number of aryl methyl sites for hydroxylation is 3. The molecule has 0 bridgehead atoms. The van der Waals surface area contributed by atoms with E-state index in [2.05, 4.69) is 37.4 Å². The standard InChI is InChI=1S/C18H22FN/c1-12-5-8-17(19)16(9-12)18(20-4)11-15-7-6-13(2)14(3)10-15/h5-10,18,20H,11H2,1-4H3. The summed E-state index contributed by atoms with van der Waals surface area (Å²) in [7, 11) is 1.88. The van der Waals surface area contributed by atoms with Crippen molar-refractivity contribution in [2.75, 3.05) is 7.05 Å². The Morgan fingerprint density at radius 1 is 1.00 bits per heavy atom. The van der Waals surface area contributed by atoms with Gasteiger partial charge >= 0.3 is 0 Å². The lowest BCUT2D eigenvalue weighted by Crippen LogP contribution is -2.20. The number of nitrogens with one attached hydrogen (secondary N) is 1. The molecular weight excluding hydrogens is 249 g/mol. The average molecular weight is 271 g/mol. The quantitative estimate of drug-likeness (QED) is 0.876. The van der Waals surface area contributed by atoms with E-state index in [9.17, 15) is 4.39 Å². The van der Waals surface area contributed by atoms with Gasteiger partial charge in [0.1, 0.15) is 5.82 Å². The van der Waals surface area contributed by atoms with Gasteiger partial charge in [0, 0.05) is 11.6 Å². The largest absolute Gasteiger partial charge is 0.313 e. The predicted molar refractivity (Wildman–Crippen MR) is 82.6 cm³/mol. The van der Waals surface area contributed by atoms with Crippen LogP contribution in [0.2, 0.25) is 0 Å². The molecule has 0 saturated heterocycles. The van der Waals surface area contributed by atoms with Crippen molar-refractivity contribution >= 4 is 0 Å². The zero-order chi connectivity index (χ0) is 14.7. The third kappa shape index (κ3) is 3.26. The highest BCUT2D eigenvalue weighted by atomic mass is 19.1. The molecule has 0 aliphatic rings. The van der Waals surface area contributed by atoms with Crippen LogP contribution < -0.4 is 5.32 Å².